The molecule has 1 N–H and O–H groups in total. The van der Waals surface area contributed by atoms with E-state index in [0.717, 1.165) is 5.56 Å². The molecule has 1 atom stereocenters. The molecule has 0 aromatic heterocycles. The number of ether oxygens (including phenoxy) is 1. The molecule has 0 aliphatic carbocycles. The first kappa shape index (κ1) is 17.9. The van der Waals surface area contributed by atoms with Crippen molar-refractivity contribution in [3.63, 3.8) is 0 Å². The number of halogens is 1. The molecule has 0 aliphatic rings. The van der Waals surface area contributed by atoms with Crippen molar-refractivity contribution in [1.82, 2.24) is 10.2 Å². The lowest BCUT2D eigenvalue weighted by Crippen LogP contribution is -2.36. The van der Waals surface area contributed by atoms with E-state index in [2.05, 4.69) is 5.32 Å². The Hall–Kier alpha value is -2.40. The Morgan fingerprint density at radius 2 is 1.96 bits per heavy atom. The maximum atomic E-state index is 13.8. The number of benzene rings is 2. The van der Waals surface area contributed by atoms with Crippen molar-refractivity contribution in [3.8, 4) is 5.75 Å². The van der Waals surface area contributed by atoms with Gasteiger partial charge in [0.25, 0.3) is 0 Å². The van der Waals surface area contributed by atoms with E-state index in [0.29, 0.717) is 12.1 Å². The minimum atomic E-state index is -0.433. The number of likely N-dealkylation sites (N-methyl/N-ethyl adjacent to an activating group) is 1. The van der Waals surface area contributed by atoms with E-state index < -0.39 is 5.82 Å². The largest absolute Gasteiger partial charge is 0.494 e. The number of hydrogen-bond donors (Lipinski definition) is 1. The van der Waals surface area contributed by atoms with Crippen molar-refractivity contribution < 1.29 is 13.9 Å². The van der Waals surface area contributed by atoms with E-state index in [1.165, 1.54) is 13.2 Å². The van der Waals surface area contributed by atoms with Crippen LogP contribution >= 0.6 is 0 Å². The van der Waals surface area contributed by atoms with Gasteiger partial charge in [-0.25, -0.2) is 4.39 Å². The van der Waals surface area contributed by atoms with Gasteiger partial charge in [0.05, 0.1) is 19.7 Å². The standard InChI is InChI=1S/C19H23FN2O2/c1-14(16-9-10-18(24-3)17(20)11-16)21-19(23)13-22(2)12-15-7-5-4-6-8-15/h4-11,14H,12-13H2,1-3H3,(H,21,23). The summed E-state index contributed by atoms with van der Waals surface area (Å²) < 4.78 is 18.7. The molecule has 0 spiro atoms. The van der Waals surface area contributed by atoms with Gasteiger partial charge < -0.3 is 10.1 Å². The van der Waals surface area contributed by atoms with Crippen molar-refractivity contribution in [2.24, 2.45) is 0 Å². The molecule has 0 bridgehead atoms. The molecule has 4 nitrogen and oxygen atoms in total. The third-order valence-corrected chi connectivity index (χ3v) is 3.76. The molecule has 0 saturated heterocycles. The third-order valence-electron chi connectivity index (χ3n) is 3.76. The van der Waals surface area contributed by atoms with E-state index in [-0.39, 0.29) is 24.2 Å². The molecule has 0 radical (unpaired) electrons. The predicted molar refractivity (Wildman–Crippen MR) is 92.3 cm³/mol. The second-order valence-corrected chi connectivity index (χ2v) is 5.84. The van der Waals surface area contributed by atoms with Crippen LogP contribution in [0.4, 0.5) is 4.39 Å². The van der Waals surface area contributed by atoms with Crippen molar-refractivity contribution in [1.29, 1.82) is 0 Å². The zero-order chi connectivity index (χ0) is 17.5. The molecule has 0 saturated carbocycles. The van der Waals surface area contributed by atoms with Crippen molar-refractivity contribution in [2.45, 2.75) is 19.5 Å². The molecule has 0 heterocycles. The number of nitrogens with one attached hydrogen (secondary N) is 1. The van der Waals surface area contributed by atoms with E-state index in [9.17, 15) is 9.18 Å². The molecule has 0 aliphatic heterocycles. The summed E-state index contributed by atoms with van der Waals surface area (Å²) in [5, 5.41) is 2.89. The van der Waals surface area contributed by atoms with Gasteiger partial charge in [-0.05, 0) is 37.2 Å². The number of carbonyl (C=O) groups excluding carboxylic acids is 1. The third kappa shape index (κ3) is 5.06. The topological polar surface area (TPSA) is 41.6 Å². The van der Waals surface area contributed by atoms with Gasteiger partial charge in [-0.3, -0.25) is 9.69 Å². The highest BCUT2D eigenvalue weighted by atomic mass is 19.1. The average Bonchev–Trinajstić information content (AvgIpc) is 2.55. The smallest absolute Gasteiger partial charge is 0.234 e. The first-order chi connectivity index (χ1) is 11.5. The quantitative estimate of drug-likeness (QED) is 0.848. The number of hydrogen-bond acceptors (Lipinski definition) is 3. The molecule has 2 aromatic rings. The van der Waals surface area contributed by atoms with Crippen LogP contribution in [0.3, 0.4) is 0 Å². The Labute approximate surface area is 142 Å². The lowest BCUT2D eigenvalue weighted by molar-refractivity contribution is -0.122. The molecule has 24 heavy (non-hydrogen) atoms. The number of amides is 1. The average molecular weight is 330 g/mol. The fourth-order valence-electron chi connectivity index (χ4n) is 2.52. The lowest BCUT2D eigenvalue weighted by atomic mass is 10.1. The lowest BCUT2D eigenvalue weighted by Gasteiger charge is -2.19. The van der Waals surface area contributed by atoms with Gasteiger partial charge in [0.1, 0.15) is 0 Å². The summed E-state index contributed by atoms with van der Waals surface area (Å²) >= 11 is 0. The molecule has 1 amide bonds. The zero-order valence-electron chi connectivity index (χ0n) is 14.3. The highest BCUT2D eigenvalue weighted by Crippen LogP contribution is 2.21. The van der Waals surface area contributed by atoms with Crippen LogP contribution in [-0.4, -0.2) is 31.5 Å². The summed E-state index contributed by atoms with van der Waals surface area (Å²) in [6.07, 6.45) is 0. The number of carbonyl (C=O) groups is 1. The van der Waals surface area contributed by atoms with Crippen molar-refractivity contribution in [2.75, 3.05) is 20.7 Å². The summed E-state index contributed by atoms with van der Waals surface area (Å²) in [6, 6.07) is 14.4. The fourth-order valence-corrected chi connectivity index (χ4v) is 2.52. The number of rotatable bonds is 7. The van der Waals surface area contributed by atoms with Gasteiger partial charge in [0, 0.05) is 6.54 Å². The van der Waals surface area contributed by atoms with Crippen LogP contribution in [-0.2, 0) is 11.3 Å². The molecular weight excluding hydrogens is 307 g/mol. The van der Waals surface area contributed by atoms with Gasteiger partial charge in [-0.1, -0.05) is 36.4 Å². The highest BCUT2D eigenvalue weighted by Gasteiger charge is 2.13. The van der Waals surface area contributed by atoms with Crippen LogP contribution in [0.15, 0.2) is 48.5 Å². The van der Waals surface area contributed by atoms with Crippen LogP contribution in [0.1, 0.15) is 24.1 Å². The summed E-state index contributed by atoms with van der Waals surface area (Å²) in [4.78, 5) is 14.1. The Morgan fingerprint density at radius 1 is 1.25 bits per heavy atom. The molecule has 0 fully saturated rings. The van der Waals surface area contributed by atoms with Crippen LogP contribution in [0, 0.1) is 5.82 Å². The van der Waals surface area contributed by atoms with Gasteiger partial charge in [-0.2, -0.15) is 0 Å². The molecule has 128 valence electrons. The molecular formula is C19H23FN2O2. The molecule has 1 unspecified atom stereocenters. The maximum absolute atomic E-state index is 13.8. The van der Waals surface area contributed by atoms with Crippen LogP contribution < -0.4 is 10.1 Å². The number of nitrogens with zero attached hydrogens (tertiary/aromatic N) is 1. The van der Waals surface area contributed by atoms with Crippen molar-refractivity contribution >= 4 is 5.91 Å². The Bertz CT molecular complexity index is 676. The van der Waals surface area contributed by atoms with E-state index in [1.54, 1.807) is 12.1 Å². The highest BCUT2D eigenvalue weighted by molar-refractivity contribution is 5.78. The zero-order valence-corrected chi connectivity index (χ0v) is 14.3. The van der Waals surface area contributed by atoms with Gasteiger partial charge in [0.15, 0.2) is 11.6 Å². The maximum Gasteiger partial charge on any atom is 0.234 e. The molecule has 5 heteroatoms. The van der Waals surface area contributed by atoms with Crippen LogP contribution in [0.5, 0.6) is 5.75 Å². The van der Waals surface area contributed by atoms with Gasteiger partial charge in [-0.15, -0.1) is 0 Å². The molecule has 2 aromatic carbocycles. The monoisotopic (exact) mass is 330 g/mol. The fraction of sp³-hybridized carbons (Fsp3) is 0.316. The van der Waals surface area contributed by atoms with Crippen LogP contribution in [0.25, 0.3) is 0 Å². The minimum absolute atomic E-state index is 0.0999. The van der Waals surface area contributed by atoms with Crippen molar-refractivity contribution in [3.05, 3.63) is 65.5 Å². The van der Waals surface area contributed by atoms with Gasteiger partial charge in [0.2, 0.25) is 5.91 Å². The normalized spacial score (nSPS) is 12.0. The summed E-state index contributed by atoms with van der Waals surface area (Å²) in [5.74, 6) is -0.339. The summed E-state index contributed by atoms with van der Waals surface area (Å²) in [7, 11) is 3.32. The first-order valence-corrected chi connectivity index (χ1v) is 7.85. The second-order valence-electron chi connectivity index (χ2n) is 5.84. The van der Waals surface area contributed by atoms with Gasteiger partial charge >= 0.3 is 0 Å². The molecule has 2 rings (SSSR count). The van der Waals surface area contributed by atoms with E-state index in [1.807, 2.05) is 49.2 Å². The first-order valence-electron chi connectivity index (χ1n) is 7.85. The summed E-state index contributed by atoms with van der Waals surface area (Å²) in [5.41, 5.74) is 1.85. The Kier molecular flexibility index (Phi) is 6.32. The number of methoxy groups -OCH3 is 1. The predicted octanol–water partition coefficient (Wildman–Crippen LogP) is 3.14. The second kappa shape index (κ2) is 8.45. The minimum Gasteiger partial charge on any atom is -0.494 e. The SMILES string of the molecule is COc1ccc(C(C)NC(=O)CN(C)Cc2ccccc2)cc1F. The summed E-state index contributed by atoms with van der Waals surface area (Å²) in [6.45, 7) is 2.80. The van der Waals surface area contributed by atoms with E-state index >= 15 is 0 Å². The Balaban J connectivity index is 1.88. The van der Waals surface area contributed by atoms with E-state index in [4.69, 9.17) is 4.74 Å². The van der Waals surface area contributed by atoms with Crippen LogP contribution in [0.2, 0.25) is 0 Å². The Morgan fingerprint density at radius 3 is 2.58 bits per heavy atom.